The van der Waals surface area contributed by atoms with Crippen LogP contribution in [0, 0.1) is 19.8 Å². The molecule has 1 aromatic carbocycles. The van der Waals surface area contributed by atoms with Gasteiger partial charge in [0, 0.05) is 11.7 Å². The van der Waals surface area contributed by atoms with Crippen LogP contribution in [0.4, 0.5) is 5.69 Å². The number of ether oxygens (including phenoxy) is 1. The van der Waals surface area contributed by atoms with Gasteiger partial charge >= 0.3 is 0 Å². The summed E-state index contributed by atoms with van der Waals surface area (Å²) in [6.45, 7) is 5.13. The van der Waals surface area contributed by atoms with Gasteiger partial charge < -0.3 is 15.4 Å². The number of rotatable bonds is 3. The number of aryl methyl sites for hydroxylation is 2. The molecule has 0 saturated carbocycles. The topological polar surface area (TPSA) is 50.4 Å². The highest BCUT2D eigenvalue weighted by Crippen LogP contribution is 2.20. The highest BCUT2D eigenvalue weighted by atomic mass is 16.5. The summed E-state index contributed by atoms with van der Waals surface area (Å²) in [7, 11) is 1.86. The Labute approximate surface area is 108 Å². The van der Waals surface area contributed by atoms with Gasteiger partial charge in [-0.1, -0.05) is 17.7 Å². The Morgan fingerprint density at radius 3 is 2.78 bits per heavy atom. The Bertz CT molecular complexity index is 445. The number of hydrogen-bond donors (Lipinski definition) is 2. The number of benzene rings is 1. The first kappa shape index (κ1) is 13.1. The minimum absolute atomic E-state index is 0.0267. The summed E-state index contributed by atoms with van der Waals surface area (Å²) >= 11 is 0. The van der Waals surface area contributed by atoms with Gasteiger partial charge in [-0.3, -0.25) is 4.79 Å². The molecule has 4 nitrogen and oxygen atoms in total. The number of amides is 1. The third kappa shape index (κ3) is 2.71. The average molecular weight is 248 g/mol. The van der Waals surface area contributed by atoms with E-state index in [0.717, 1.165) is 11.3 Å². The lowest BCUT2D eigenvalue weighted by atomic mass is 10.0. The molecule has 0 aliphatic carbocycles. The Morgan fingerprint density at radius 1 is 1.33 bits per heavy atom. The van der Waals surface area contributed by atoms with Crippen molar-refractivity contribution in [3.8, 4) is 0 Å². The molecule has 2 atom stereocenters. The minimum atomic E-state index is -0.115. The van der Waals surface area contributed by atoms with Crippen LogP contribution in [0.3, 0.4) is 0 Å². The van der Waals surface area contributed by atoms with E-state index in [1.54, 1.807) is 0 Å². The van der Waals surface area contributed by atoms with E-state index < -0.39 is 0 Å². The summed E-state index contributed by atoms with van der Waals surface area (Å²) in [5, 5.41) is 6.10. The van der Waals surface area contributed by atoms with Crippen LogP contribution in [0.2, 0.25) is 0 Å². The fraction of sp³-hybridized carbons (Fsp3) is 0.500. The van der Waals surface area contributed by atoms with Crippen LogP contribution in [0.15, 0.2) is 18.2 Å². The molecular formula is C14H20N2O2. The van der Waals surface area contributed by atoms with E-state index in [1.165, 1.54) is 5.56 Å². The van der Waals surface area contributed by atoms with Crippen molar-refractivity contribution in [2.75, 3.05) is 25.6 Å². The van der Waals surface area contributed by atoms with Crippen molar-refractivity contribution >= 4 is 11.6 Å². The number of carbonyl (C=O) groups is 1. The van der Waals surface area contributed by atoms with Crippen LogP contribution < -0.4 is 10.6 Å². The molecular weight excluding hydrogens is 228 g/mol. The first-order valence-corrected chi connectivity index (χ1v) is 6.25. The highest BCUT2D eigenvalue weighted by molar-refractivity contribution is 5.94. The number of hydrogen-bond acceptors (Lipinski definition) is 3. The summed E-state index contributed by atoms with van der Waals surface area (Å²) in [5.74, 6) is -0.0884. The molecule has 1 amide bonds. The first-order chi connectivity index (χ1) is 8.61. The van der Waals surface area contributed by atoms with Crippen molar-refractivity contribution in [3.05, 3.63) is 29.3 Å². The van der Waals surface area contributed by atoms with Crippen LogP contribution in [0.25, 0.3) is 0 Å². The molecule has 2 unspecified atom stereocenters. The third-order valence-corrected chi connectivity index (χ3v) is 3.43. The maximum atomic E-state index is 12.2. The van der Waals surface area contributed by atoms with Crippen LogP contribution in [0.1, 0.15) is 11.1 Å². The lowest BCUT2D eigenvalue weighted by molar-refractivity contribution is -0.120. The zero-order chi connectivity index (χ0) is 13.1. The molecule has 4 heteroatoms. The smallest absolute Gasteiger partial charge is 0.231 e. The summed E-state index contributed by atoms with van der Waals surface area (Å²) in [4.78, 5) is 12.2. The molecule has 1 aliphatic heterocycles. The fourth-order valence-corrected chi connectivity index (χ4v) is 2.28. The summed E-state index contributed by atoms with van der Waals surface area (Å²) < 4.78 is 5.35. The lowest BCUT2D eigenvalue weighted by Gasteiger charge is -2.17. The van der Waals surface area contributed by atoms with Gasteiger partial charge in [0.2, 0.25) is 5.91 Å². The van der Waals surface area contributed by atoms with Crippen molar-refractivity contribution in [1.82, 2.24) is 5.32 Å². The molecule has 1 fully saturated rings. The number of carbonyl (C=O) groups excluding carboxylic acids is 1. The van der Waals surface area contributed by atoms with Gasteiger partial charge in [-0.25, -0.2) is 0 Å². The van der Waals surface area contributed by atoms with E-state index in [2.05, 4.69) is 16.7 Å². The summed E-state index contributed by atoms with van der Waals surface area (Å²) in [6.07, 6.45) is 0. The fourth-order valence-electron chi connectivity index (χ4n) is 2.28. The van der Waals surface area contributed by atoms with Crippen LogP contribution in [-0.2, 0) is 9.53 Å². The summed E-state index contributed by atoms with van der Waals surface area (Å²) in [6, 6.07) is 6.13. The van der Waals surface area contributed by atoms with Crippen molar-refractivity contribution in [3.63, 3.8) is 0 Å². The maximum Gasteiger partial charge on any atom is 0.231 e. The molecule has 0 bridgehead atoms. The van der Waals surface area contributed by atoms with Crippen LogP contribution in [0.5, 0.6) is 0 Å². The quantitative estimate of drug-likeness (QED) is 0.852. The zero-order valence-electron chi connectivity index (χ0n) is 11.1. The predicted molar refractivity (Wildman–Crippen MR) is 71.7 cm³/mol. The van der Waals surface area contributed by atoms with E-state index in [0.29, 0.717) is 13.2 Å². The van der Waals surface area contributed by atoms with Crippen LogP contribution >= 0.6 is 0 Å². The van der Waals surface area contributed by atoms with Gasteiger partial charge in [0.1, 0.15) is 0 Å². The second-order valence-electron chi connectivity index (χ2n) is 4.85. The molecule has 1 saturated heterocycles. The van der Waals surface area contributed by atoms with Crippen molar-refractivity contribution in [2.45, 2.75) is 19.9 Å². The Hall–Kier alpha value is -1.39. The summed E-state index contributed by atoms with van der Waals surface area (Å²) in [5.41, 5.74) is 3.17. The molecule has 18 heavy (non-hydrogen) atoms. The van der Waals surface area contributed by atoms with Gasteiger partial charge in [-0.2, -0.15) is 0 Å². The molecule has 1 aliphatic rings. The van der Waals surface area contributed by atoms with Gasteiger partial charge in [0.05, 0.1) is 19.1 Å². The maximum absolute atomic E-state index is 12.2. The first-order valence-electron chi connectivity index (χ1n) is 6.25. The molecule has 1 heterocycles. The molecule has 0 aromatic heterocycles. The normalized spacial score (nSPS) is 23.1. The monoisotopic (exact) mass is 248 g/mol. The number of anilines is 1. The standard InChI is InChI=1S/C14H20N2O2/c1-9-4-5-12(10(2)6-9)16-14(17)11-7-18-8-13(11)15-3/h4-6,11,13,15H,7-8H2,1-3H3,(H,16,17). The largest absolute Gasteiger partial charge is 0.379 e. The van der Waals surface area contributed by atoms with E-state index in [1.807, 2.05) is 33.0 Å². The van der Waals surface area contributed by atoms with E-state index >= 15 is 0 Å². The molecule has 0 spiro atoms. The number of nitrogens with one attached hydrogen (secondary N) is 2. The average Bonchev–Trinajstić information content (AvgIpc) is 2.81. The van der Waals surface area contributed by atoms with Crippen molar-refractivity contribution in [2.24, 2.45) is 5.92 Å². The van der Waals surface area contributed by atoms with E-state index in [4.69, 9.17) is 4.74 Å². The van der Waals surface area contributed by atoms with E-state index in [-0.39, 0.29) is 17.9 Å². The van der Waals surface area contributed by atoms with E-state index in [9.17, 15) is 4.79 Å². The second-order valence-corrected chi connectivity index (χ2v) is 4.85. The number of likely N-dealkylation sites (N-methyl/N-ethyl adjacent to an activating group) is 1. The second kappa shape index (κ2) is 5.50. The lowest BCUT2D eigenvalue weighted by Crippen LogP contribution is -2.39. The molecule has 1 aromatic rings. The van der Waals surface area contributed by atoms with Gasteiger partial charge in [0.15, 0.2) is 0 Å². The minimum Gasteiger partial charge on any atom is -0.379 e. The SMILES string of the molecule is CNC1COCC1C(=O)Nc1ccc(C)cc1C. The van der Waals surface area contributed by atoms with Gasteiger partial charge in [-0.15, -0.1) is 0 Å². The van der Waals surface area contributed by atoms with Crippen LogP contribution in [-0.4, -0.2) is 32.2 Å². The molecule has 98 valence electrons. The van der Waals surface area contributed by atoms with Gasteiger partial charge in [0.25, 0.3) is 0 Å². The van der Waals surface area contributed by atoms with Gasteiger partial charge in [-0.05, 0) is 32.5 Å². The third-order valence-electron chi connectivity index (χ3n) is 3.43. The zero-order valence-corrected chi connectivity index (χ0v) is 11.1. The predicted octanol–water partition coefficient (Wildman–Crippen LogP) is 1.48. The Balaban J connectivity index is 2.07. The molecule has 0 radical (unpaired) electrons. The Kier molecular flexibility index (Phi) is 3.99. The molecule has 2 N–H and O–H groups in total. The molecule has 2 rings (SSSR count). The van der Waals surface area contributed by atoms with Crippen molar-refractivity contribution in [1.29, 1.82) is 0 Å². The Morgan fingerprint density at radius 2 is 2.11 bits per heavy atom. The highest BCUT2D eigenvalue weighted by Gasteiger charge is 2.33. The van der Waals surface area contributed by atoms with Crippen molar-refractivity contribution < 1.29 is 9.53 Å².